The Hall–Kier alpha value is -0.830. The molecule has 0 saturated carbocycles. The third kappa shape index (κ3) is 1.91. The number of aromatic nitrogens is 2. The maximum Gasteiger partial charge on any atom is 0.0596 e. The molecule has 0 bridgehead atoms. The van der Waals surface area contributed by atoms with E-state index in [0.29, 0.717) is 0 Å². The molecule has 1 atom stereocenters. The van der Waals surface area contributed by atoms with Gasteiger partial charge in [-0.25, -0.2) is 0 Å². The Bertz CT molecular complexity index is 284. The first-order chi connectivity index (χ1) is 6.25. The van der Waals surface area contributed by atoms with Gasteiger partial charge < -0.3 is 5.32 Å². The van der Waals surface area contributed by atoms with E-state index in [-0.39, 0.29) is 0 Å². The molecule has 0 amide bonds. The van der Waals surface area contributed by atoms with Crippen LogP contribution in [0.15, 0.2) is 6.07 Å². The number of hydrogen-bond donors (Lipinski definition) is 1. The van der Waals surface area contributed by atoms with E-state index in [1.807, 2.05) is 0 Å². The van der Waals surface area contributed by atoms with Crippen LogP contribution in [0.25, 0.3) is 0 Å². The monoisotopic (exact) mass is 179 g/mol. The summed E-state index contributed by atoms with van der Waals surface area (Å²) in [6.45, 7) is 7.58. The normalized spacial score (nSPS) is 22.5. The number of rotatable bonds is 2. The molecule has 0 aliphatic carbocycles. The lowest BCUT2D eigenvalue weighted by atomic mass is 10.1. The second-order valence-electron chi connectivity index (χ2n) is 3.97. The lowest BCUT2D eigenvalue weighted by Crippen LogP contribution is -2.16. The van der Waals surface area contributed by atoms with Crippen LogP contribution < -0.4 is 5.32 Å². The molecular weight excluding hydrogens is 162 g/mol. The predicted octanol–water partition coefficient (Wildman–Crippen LogP) is 1.11. The van der Waals surface area contributed by atoms with Crippen molar-refractivity contribution in [2.24, 2.45) is 5.92 Å². The van der Waals surface area contributed by atoms with E-state index in [0.717, 1.165) is 24.7 Å². The van der Waals surface area contributed by atoms with Gasteiger partial charge in [0.25, 0.3) is 0 Å². The third-order valence-electron chi connectivity index (χ3n) is 2.70. The summed E-state index contributed by atoms with van der Waals surface area (Å²) >= 11 is 0. The van der Waals surface area contributed by atoms with Crippen LogP contribution in [0.1, 0.15) is 17.8 Å². The molecule has 1 aromatic rings. The van der Waals surface area contributed by atoms with Crippen molar-refractivity contribution in [2.45, 2.75) is 26.8 Å². The van der Waals surface area contributed by atoms with Gasteiger partial charge in [-0.15, -0.1) is 0 Å². The van der Waals surface area contributed by atoms with Crippen molar-refractivity contribution in [1.82, 2.24) is 15.1 Å². The molecule has 1 aromatic heterocycles. The maximum atomic E-state index is 4.46. The highest BCUT2D eigenvalue weighted by Crippen LogP contribution is 2.12. The fourth-order valence-corrected chi connectivity index (χ4v) is 1.97. The summed E-state index contributed by atoms with van der Waals surface area (Å²) in [7, 11) is 0. The van der Waals surface area contributed by atoms with E-state index in [2.05, 4.69) is 35.0 Å². The van der Waals surface area contributed by atoms with E-state index in [1.165, 1.54) is 18.7 Å². The summed E-state index contributed by atoms with van der Waals surface area (Å²) in [5.74, 6) is 0.776. The van der Waals surface area contributed by atoms with Gasteiger partial charge >= 0.3 is 0 Å². The van der Waals surface area contributed by atoms with Gasteiger partial charge in [0.05, 0.1) is 5.69 Å². The Morgan fingerprint density at radius 1 is 1.62 bits per heavy atom. The van der Waals surface area contributed by atoms with Gasteiger partial charge in [-0.1, -0.05) is 0 Å². The zero-order chi connectivity index (χ0) is 9.26. The lowest BCUT2D eigenvalue weighted by molar-refractivity contribution is 0.441. The Kier molecular flexibility index (Phi) is 2.36. The Labute approximate surface area is 79.1 Å². The summed E-state index contributed by atoms with van der Waals surface area (Å²) in [5.41, 5.74) is 2.41. The minimum Gasteiger partial charge on any atom is -0.316 e. The summed E-state index contributed by atoms with van der Waals surface area (Å²) in [4.78, 5) is 0. The van der Waals surface area contributed by atoms with E-state index in [1.54, 1.807) is 0 Å². The van der Waals surface area contributed by atoms with E-state index in [4.69, 9.17) is 0 Å². The molecule has 1 aliphatic rings. The number of nitrogens with zero attached hydrogens (tertiary/aromatic N) is 2. The first kappa shape index (κ1) is 8.75. The highest BCUT2D eigenvalue weighted by atomic mass is 15.3. The molecule has 0 spiro atoms. The molecule has 0 radical (unpaired) electrons. The zero-order valence-corrected chi connectivity index (χ0v) is 8.38. The molecule has 1 fully saturated rings. The average molecular weight is 179 g/mol. The summed E-state index contributed by atoms with van der Waals surface area (Å²) in [6, 6.07) is 2.14. The second-order valence-corrected chi connectivity index (χ2v) is 3.97. The molecule has 2 heterocycles. The molecular formula is C10H17N3. The standard InChI is InChI=1S/C10H17N3/c1-8-5-9(2)13(12-8)7-10-3-4-11-6-10/h5,10-11H,3-4,6-7H2,1-2H3. The van der Waals surface area contributed by atoms with Gasteiger partial charge in [-0.2, -0.15) is 5.10 Å². The lowest BCUT2D eigenvalue weighted by Gasteiger charge is -2.09. The molecule has 3 nitrogen and oxygen atoms in total. The van der Waals surface area contributed by atoms with Crippen LogP contribution in [-0.2, 0) is 6.54 Å². The summed E-state index contributed by atoms with van der Waals surface area (Å²) < 4.78 is 2.13. The van der Waals surface area contributed by atoms with Crippen LogP contribution >= 0.6 is 0 Å². The number of aryl methyl sites for hydroxylation is 2. The van der Waals surface area contributed by atoms with Crippen molar-refractivity contribution in [1.29, 1.82) is 0 Å². The quantitative estimate of drug-likeness (QED) is 0.737. The van der Waals surface area contributed by atoms with E-state index >= 15 is 0 Å². The first-order valence-electron chi connectivity index (χ1n) is 4.97. The topological polar surface area (TPSA) is 29.9 Å². The molecule has 72 valence electrons. The van der Waals surface area contributed by atoms with Gasteiger partial charge in [-0.3, -0.25) is 4.68 Å². The van der Waals surface area contributed by atoms with Crippen LogP contribution in [0.2, 0.25) is 0 Å². The Morgan fingerprint density at radius 2 is 2.46 bits per heavy atom. The maximum absolute atomic E-state index is 4.46. The van der Waals surface area contributed by atoms with E-state index < -0.39 is 0 Å². The minimum atomic E-state index is 0.776. The molecule has 0 aromatic carbocycles. The molecule has 1 N–H and O–H groups in total. The fraction of sp³-hybridized carbons (Fsp3) is 0.700. The van der Waals surface area contributed by atoms with Crippen LogP contribution in [0, 0.1) is 19.8 Å². The summed E-state index contributed by atoms with van der Waals surface area (Å²) in [6.07, 6.45) is 1.29. The number of nitrogens with one attached hydrogen (secondary N) is 1. The van der Waals surface area contributed by atoms with Crippen molar-refractivity contribution in [2.75, 3.05) is 13.1 Å². The van der Waals surface area contributed by atoms with Crippen LogP contribution in [0.3, 0.4) is 0 Å². The Balaban J connectivity index is 2.03. The SMILES string of the molecule is Cc1cc(C)n(CC2CCNC2)n1. The van der Waals surface area contributed by atoms with Crippen LogP contribution in [0.4, 0.5) is 0 Å². The van der Waals surface area contributed by atoms with Gasteiger partial charge in [0.15, 0.2) is 0 Å². The smallest absolute Gasteiger partial charge is 0.0596 e. The fourth-order valence-electron chi connectivity index (χ4n) is 1.97. The minimum absolute atomic E-state index is 0.776. The van der Waals surface area contributed by atoms with Crippen molar-refractivity contribution in [3.05, 3.63) is 17.5 Å². The molecule has 1 saturated heterocycles. The second kappa shape index (κ2) is 3.50. The summed E-state index contributed by atoms with van der Waals surface area (Å²) in [5, 5.41) is 7.84. The largest absolute Gasteiger partial charge is 0.316 e. The molecule has 3 heteroatoms. The van der Waals surface area contributed by atoms with Crippen molar-refractivity contribution >= 4 is 0 Å². The third-order valence-corrected chi connectivity index (χ3v) is 2.70. The Morgan fingerprint density at radius 3 is 3.00 bits per heavy atom. The van der Waals surface area contributed by atoms with Crippen molar-refractivity contribution in [3.63, 3.8) is 0 Å². The zero-order valence-electron chi connectivity index (χ0n) is 8.38. The van der Waals surface area contributed by atoms with Crippen molar-refractivity contribution < 1.29 is 0 Å². The number of hydrogen-bond acceptors (Lipinski definition) is 2. The van der Waals surface area contributed by atoms with Gasteiger partial charge in [0, 0.05) is 12.2 Å². The molecule has 1 aliphatic heterocycles. The average Bonchev–Trinajstić information content (AvgIpc) is 2.63. The molecule has 2 rings (SSSR count). The van der Waals surface area contributed by atoms with Crippen molar-refractivity contribution in [3.8, 4) is 0 Å². The van der Waals surface area contributed by atoms with Gasteiger partial charge in [0.2, 0.25) is 0 Å². The molecule has 13 heavy (non-hydrogen) atoms. The predicted molar refractivity (Wildman–Crippen MR) is 52.7 cm³/mol. The molecule has 1 unspecified atom stereocenters. The highest BCUT2D eigenvalue weighted by Gasteiger charge is 2.15. The van der Waals surface area contributed by atoms with E-state index in [9.17, 15) is 0 Å². The van der Waals surface area contributed by atoms with Crippen LogP contribution in [0.5, 0.6) is 0 Å². The first-order valence-corrected chi connectivity index (χ1v) is 4.97. The van der Waals surface area contributed by atoms with Gasteiger partial charge in [0.1, 0.15) is 0 Å². The van der Waals surface area contributed by atoms with Gasteiger partial charge in [-0.05, 0) is 45.3 Å². The van der Waals surface area contributed by atoms with Crippen LogP contribution in [-0.4, -0.2) is 22.9 Å². The highest BCUT2D eigenvalue weighted by molar-refractivity contribution is 5.06.